The van der Waals surface area contributed by atoms with Crippen LogP contribution in [0.2, 0.25) is 0 Å². The van der Waals surface area contributed by atoms with Gasteiger partial charge in [-0.15, -0.1) is 10.2 Å². The minimum Gasteiger partial charge on any atom is -0.417 e. The summed E-state index contributed by atoms with van der Waals surface area (Å²) in [6.07, 6.45) is 3.94. The van der Waals surface area contributed by atoms with Crippen LogP contribution in [0.15, 0.2) is 53.2 Å². The fourth-order valence-corrected chi connectivity index (χ4v) is 2.88. The third-order valence-electron chi connectivity index (χ3n) is 4.25. The van der Waals surface area contributed by atoms with Gasteiger partial charge in [-0.3, -0.25) is 4.79 Å². The summed E-state index contributed by atoms with van der Waals surface area (Å²) in [5.74, 6) is 0.934. The van der Waals surface area contributed by atoms with Crippen LogP contribution in [0.3, 0.4) is 0 Å². The van der Waals surface area contributed by atoms with E-state index in [4.69, 9.17) is 4.42 Å². The first kappa shape index (κ1) is 16.2. The zero-order valence-corrected chi connectivity index (χ0v) is 14.2. The lowest BCUT2D eigenvalue weighted by atomic mass is 10.2. The monoisotopic (exact) mass is 350 g/mol. The van der Waals surface area contributed by atoms with Crippen LogP contribution >= 0.6 is 0 Å². The Morgan fingerprint density at radius 3 is 2.42 bits per heavy atom. The van der Waals surface area contributed by atoms with Crippen LogP contribution in [0.5, 0.6) is 0 Å². The molecule has 0 radical (unpaired) electrons. The van der Waals surface area contributed by atoms with Crippen LogP contribution in [0.25, 0.3) is 0 Å². The number of amides is 1. The van der Waals surface area contributed by atoms with Crippen molar-refractivity contribution in [2.45, 2.75) is 6.42 Å². The van der Waals surface area contributed by atoms with Crippen LogP contribution in [0.4, 0.5) is 5.95 Å². The molecule has 0 N–H and O–H groups in total. The molecule has 8 heteroatoms. The van der Waals surface area contributed by atoms with Crippen molar-refractivity contribution in [2.24, 2.45) is 0 Å². The molecule has 0 atom stereocenters. The molecule has 1 saturated heterocycles. The van der Waals surface area contributed by atoms with E-state index in [-0.39, 0.29) is 11.8 Å². The van der Waals surface area contributed by atoms with Crippen molar-refractivity contribution in [1.29, 1.82) is 0 Å². The van der Waals surface area contributed by atoms with Gasteiger partial charge in [0.25, 0.3) is 0 Å². The summed E-state index contributed by atoms with van der Waals surface area (Å²) in [5, 5.41) is 7.91. The lowest BCUT2D eigenvalue weighted by molar-refractivity contribution is 0.0704. The van der Waals surface area contributed by atoms with Crippen molar-refractivity contribution in [3.8, 4) is 0 Å². The van der Waals surface area contributed by atoms with E-state index < -0.39 is 0 Å². The second-order valence-electron chi connectivity index (χ2n) is 5.99. The van der Waals surface area contributed by atoms with Gasteiger partial charge < -0.3 is 14.2 Å². The summed E-state index contributed by atoms with van der Waals surface area (Å²) >= 11 is 0. The quantitative estimate of drug-likeness (QED) is 0.703. The summed E-state index contributed by atoms with van der Waals surface area (Å²) in [6.45, 7) is 2.46. The van der Waals surface area contributed by atoms with Gasteiger partial charge in [0.1, 0.15) is 0 Å². The highest BCUT2D eigenvalue weighted by Crippen LogP contribution is 2.13. The topological polar surface area (TPSA) is 88.3 Å². The molecular weight excluding hydrogens is 332 g/mol. The van der Waals surface area contributed by atoms with Crippen LogP contribution < -0.4 is 4.90 Å². The molecule has 0 aliphatic carbocycles. The van der Waals surface area contributed by atoms with Gasteiger partial charge in [0, 0.05) is 38.6 Å². The van der Waals surface area contributed by atoms with Gasteiger partial charge in [-0.05, 0) is 11.6 Å². The third-order valence-corrected chi connectivity index (χ3v) is 4.25. The number of carbonyl (C=O) groups excluding carboxylic acids is 1. The summed E-state index contributed by atoms with van der Waals surface area (Å²) < 4.78 is 5.56. The van der Waals surface area contributed by atoms with E-state index >= 15 is 0 Å². The summed E-state index contributed by atoms with van der Waals surface area (Å²) in [4.78, 5) is 24.9. The van der Waals surface area contributed by atoms with Gasteiger partial charge in [-0.1, -0.05) is 30.3 Å². The molecule has 8 nitrogen and oxygen atoms in total. The highest BCUT2D eigenvalue weighted by atomic mass is 16.4. The minimum atomic E-state index is -0.231. The maximum atomic E-state index is 12.6. The fraction of sp³-hybridized carbons (Fsp3) is 0.278. The van der Waals surface area contributed by atoms with Gasteiger partial charge in [0.15, 0.2) is 0 Å². The summed E-state index contributed by atoms with van der Waals surface area (Å²) in [5.41, 5.74) is 1.06. The highest BCUT2D eigenvalue weighted by Gasteiger charge is 2.26. The van der Waals surface area contributed by atoms with Crippen LogP contribution in [0.1, 0.15) is 22.1 Å². The Morgan fingerprint density at radius 2 is 1.69 bits per heavy atom. The third kappa shape index (κ3) is 3.53. The van der Waals surface area contributed by atoms with E-state index in [0.29, 0.717) is 44.4 Å². The average molecular weight is 350 g/mol. The van der Waals surface area contributed by atoms with Crippen LogP contribution in [0, 0.1) is 0 Å². The Bertz CT molecular complexity index is 860. The molecule has 2 aromatic heterocycles. The molecule has 26 heavy (non-hydrogen) atoms. The number of hydrogen-bond donors (Lipinski definition) is 0. The summed E-state index contributed by atoms with van der Waals surface area (Å²) in [7, 11) is 0. The normalized spacial score (nSPS) is 14.5. The predicted molar refractivity (Wildman–Crippen MR) is 93.7 cm³/mol. The Balaban J connectivity index is 1.37. The molecule has 3 aromatic rings. The van der Waals surface area contributed by atoms with E-state index in [2.05, 4.69) is 25.1 Å². The molecular formula is C18H18N6O2. The first-order chi connectivity index (χ1) is 12.8. The minimum absolute atomic E-state index is 0.0420. The lowest BCUT2D eigenvalue weighted by Crippen LogP contribution is -2.49. The number of hydrogen-bond acceptors (Lipinski definition) is 7. The average Bonchev–Trinajstić information content (AvgIpc) is 3.17. The molecule has 0 unspecified atom stereocenters. The number of anilines is 1. The van der Waals surface area contributed by atoms with Crippen LogP contribution in [-0.2, 0) is 6.42 Å². The second-order valence-corrected chi connectivity index (χ2v) is 5.99. The number of aromatic nitrogens is 4. The van der Waals surface area contributed by atoms with Gasteiger partial charge in [-0.25, -0.2) is 9.97 Å². The predicted octanol–water partition coefficient (Wildman–Crippen LogP) is 1.41. The standard InChI is InChI=1S/C18H18N6O2/c25-17(16-22-21-15(26-16)13-14-5-2-1-3-6-14)23-9-11-24(12-10-23)18-19-7-4-8-20-18/h1-8H,9-13H2. The fourth-order valence-electron chi connectivity index (χ4n) is 2.88. The molecule has 1 amide bonds. The molecule has 1 aliphatic heterocycles. The van der Waals surface area contributed by atoms with Crippen molar-refractivity contribution in [3.05, 3.63) is 66.1 Å². The van der Waals surface area contributed by atoms with Gasteiger partial charge in [0.2, 0.25) is 11.8 Å². The maximum Gasteiger partial charge on any atom is 0.311 e. The van der Waals surface area contributed by atoms with Crippen molar-refractivity contribution in [2.75, 3.05) is 31.1 Å². The van der Waals surface area contributed by atoms with Crippen molar-refractivity contribution < 1.29 is 9.21 Å². The lowest BCUT2D eigenvalue weighted by Gasteiger charge is -2.33. The van der Waals surface area contributed by atoms with E-state index in [9.17, 15) is 4.79 Å². The van der Waals surface area contributed by atoms with Gasteiger partial charge in [-0.2, -0.15) is 0 Å². The van der Waals surface area contributed by atoms with Crippen molar-refractivity contribution in [3.63, 3.8) is 0 Å². The number of rotatable bonds is 4. The molecule has 3 heterocycles. The molecule has 1 fully saturated rings. The second kappa shape index (κ2) is 7.30. The molecule has 0 bridgehead atoms. The van der Waals surface area contributed by atoms with Crippen molar-refractivity contribution >= 4 is 11.9 Å². The number of nitrogens with zero attached hydrogens (tertiary/aromatic N) is 6. The highest BCUT2D eigenvalue weighted by molar-refractivity contribution is 5.89. The SMILES string of the molecule is O=C(c1nnc(Cc2ccccc2)o1)N1CCN(c2ncccn2)CC1. The van der Waals surface area contributed by atoms with Gasteiger partial charge in [0.05, 0.1) is 6.42 Å². The first-order valence-electron chi connectivity index (χ1n) is 8.47. The van der Waals surface area contributed by atoms with Crippen molar-refractivity contribution in [1.82, 2.24) is 25.1 Å². The number of carbonyl (C=O) groups is 1. The first-order valence-corrected chi connectivity index (χ1v) is 8.47. The Kier molecular flexibility index (Phi) is 4.55. The zero-order valence-electron chi connectivity index (χ0n) is 14.2. The van der Waals surface area contributed by atoms with Gasteiger partial charge >= 0.3 is 11.8 Å². The molecule has 0 saturated carbocycles. The van der Waals surface area contributed by atoms with E-state index in [0.717, 1.165) is 5.56 Å². The number of benzene rings is 1. The van der Waals surface area contributed by atoms with E-state index in [1.807, 2.05) is 30.3 Å². The smallest absolute Gasteiger partial charge is 0.311 e. The Labute approximate surface area is 150 Å². The van der Waals surface area contributed by atoms with Crippen LogP contribution in [-0.4, -0.2) is 57.2 Å². The Morgan fingerprint density at radius 1 is 0.962 bits per heavy atom. The zero-order chi connectivity index (χ0) is 17.8. The molecule has 1 aromatic carbocycles. The van der Waals surface area contributed by atoms with E-state index in [1.165, 1.54) is 0 Å². The molecule has 0 spiro atoms. The largest absolute Gasteiger partial charge is 0.417 e. The Hall–Kier alpha value is -3.29. The molecule has 132 valence electrons. The maximum absolute atomic E-state index is 12.6. The number of piperazine rings is 1. The summed E-state index contributed by atoms with van der Waals surface area (Å²) in [6, 6.07) is 11.6. The molecule has 4 rings (SSSR count). The van der Waals surface area contributed by atoms with E-state index in [1.54, 1.807) is 23.4 Å². The molecule has 1 aliphatic rings.